The molecule has 0 radical (unpaired) electrons. The number of hydrogen-bond acceptors (Lipinski definition) is 3. The Bertz CT molecular complexity index is 461. The maximum Gasteiger partial charge on any atom is 0.0522 e. The smallest absolute Gasteiger partial charge is 0.0522 e. The minimum atomic E-state index is 0.550. The monoisotopic (exact) mass is 277 g/mol. The molecule has 0 saturated heterocycles. The third-order valence-corrected chi connectivity index (χ3v) is 4.39. The fourth-order valence-corrected chi connectivity index (χ4v) is 3.05. The first-order chi connectivity index (χ1) is 9.31. The van der Waals surface area contributed by atoms with E-state index in [0.29, 0.717) is 6.04 Å². The third kappa shape index (κ3) is 4.48. The van der Waals surface area contributed by atoms with E-state index in [9.17, 15) is 0 Å². The van der Waals surface area contributed by atoms with Gasteiger partial charge in [-0.15, -0.1) is 11.3 Å². The maximum absolute atomic E-state index is 4.33. The van der Waals surface area contributed by atoms with Crippen LogP contribution in [0.3, 0.4) is 0 Å². The summed E-state index contributed by atoms with van der Waals surface area (Å²) in [6, 6.07) is 4.91. The predicted octanol–water partition coefficient (Wildman–Crippen LogP) is 3.12. The summed E-state index contributed by atoms with van der Waals surface area (Å²) in [5.74, 6) is 0. The lowest BCUT2D eigenvalue weighted by Gasteiger charge is -2.14. The van der Waals surface area contributed by atoms with Gasteiger partial charge >= 0.3 is 0 Å². The molecular weight excluding hydrogens is 254 g/mol. The molecule has 4 heteroatoms. The molecule has 2 aromatic heterocycles. The van der Waals surface area contributed by atoms with Crippen LogP contribution in [0.5, 0.6) is 0 Å². The molecule has 0 aliphatic carbocycles. The number of nitrogens with zero attached hydrogens (tertiary/aromatic N) is 2. The minimum Gasteiger partial charge on any atom is -0.317 e. The first kappa shape index (κ1) is 14.3. The van der Waals surface area contributed by atoms with Gasteiger partial charge in [0, 0.05) is 23.7 Å². The van der Waals surface area contributed by atoms with E-state index in [0.717, 1.165) is 13.0 Å². The Balaban J connectivity index is 1.76. The van der Waals surface area contributed by atoms with Crippen molar-refractivity contribution in [3.8, 4) is 0 Å². The fourth-order valence-electron chi connectivity index (χ4n) is 2.30. The van der Waals surface area contributed by atoms with E-state index < -0.39 is 0 Å². The van der Waals surface area contributed by atoms with Crippen LogP contribution in [0.25, 0.3) is 0 Å². The van der Waals surface area contributed by atoms with Crippen molar-refractivity contribution < 1.29 is 0 Å². The van der Waals surface area contributed by atoms with Crippen molar-refractivity contribution in [1.82, 2.24) is 15.1 Å². The van der Waals surface area contributed by atoms with Gasteiger partial charge in [-0.05, 0) is 56.7 Å². The van der Waals surface area contributed by atoms with Crippen molar-refractivity contribution in [2.24, 2.45) is 0 Å². The molecule has 3 nitrogen and oxygen atoms in total. The van der Waals surface area contributed by atoms with E-state index >= 15 is 0 Å². The number of likely N-dealkylation sites (N-methyl/N-ethyl adjacent to an activating group) is 1. The number of nitrogens with one attached hydrogen (secondary N) is 1. The molecule has 0 fully saturated rings. The molecule has 0 spiro atoms. The number of rotatable bonds is 8. The van der Waals surface area contributed by atoms with Crippen molar-refractivity contribution >= 4 is 11.3 Å². The van der Waals surface area contributed by atoms with Crippen molar-refractivity contribution in [1.29, 1.82) is 0 Å². The average molecular weight is 277 g/mol. The molecule has 0 aliphatic heterocycles. The normalized spacial score (nSPS) is 12.7. The second kappa shape index (κ2) is 7.46. The van der Waals surface area contributed by atoms with Gasteiger partial charge in [-0.3, -0.25) is 4.68 Å². The number of thiophene rings is 1. The SMILES string of the molecule is CCn1cc(CC(CCCc2cccs2)NC)cn1. The zero-order valence-electron chi connectivity index (χ0n) is 11.8. The van der Waals surface area contributed by atoms with Crippen LogP contribution >= 0.6 is 11.3 Å². The Morgan fingerprint density at radius 3 is 3.00 bits per heavy atom. The highest BCUT2D eigenvalue weighted by molar-refractivity contribution is 7.09. The highest BCUT2D eigenvalue weighted by atomic mass is 32.1. The fraction of sp³-hybridized carbons (Fsp3) is 0.533. The van der Waals surface area contributed by atoms with Gasteiger partial charge in [0.2, 0.25) is 0 Å². The van der Waals surface area contributed by atoms with E-state index in [-0.39, 0.29) is 0 Å². The molecule has 2 heterocycles. The van der Waals surface area contributed by atoms with Crippen LogP contribution in [0.1, 0.15) is 30.2 Å². The summed E-state index contributed by atoms with van der Waals surface area (Å²) in [7, 11) is 2.06. The molecule has 1 N–H and O–H groups in total. The standard InChI is InChI=1S/C15H23N3S/c1-3-18-12-13(11-17-18)10-14(16-2)6-4-7-15-8-5-9-19-15/h5,8-9,11-12,14,16H,3-4,6-7,10H2,1-2H3. The first-order valence-electron chi connectivity index (χ1n) is 7.02. The summed E-state index contributed by atoms with van der Waals surface area (Å²) in [4.78, 5) is 1.49. The highest BCUT2D eigenvalue weighted by Crippen LogP contribution is 2.14. The summed E-state index contributed by atoms with van der Waals surface area (Å²) >= 11 is 1.86. The summed E-state index contributed by atoms with van der Waals surface area (Å²) < 4.78 is 1.99. The van der Waals surface area contributed by atoms with Gasteiger partial charge in [0.05, 0.1) is 6.20 Å². The van der Waals surface area contributed by atoms with E-state index in [4.69, 9.17) is 0 Å². The van der Waals surface area contributed by atoms with Gasteiger partial charge in [-0.1, -0.05) is 6.07 Å². The number of aromatic nitrogens is 2. The quantitative estimate of drug-likeness (QED) is 0.803. The van der Waals surface area contributed by atoms with Crippen molar-refractivity contribution in [2.45, 2.75) is 45.2 Å². The lowest BCUT2D eigenvalue weighted by atomic mass is 10.0. The van der Waals surface area contributed by atoms with Gasteiger partial charge in [0.25, 0.3) is 0 Å². The molecule has 0 saturated carbocycles. The van der Waals surface area contributed by atoms with Crippen LogP contribution in [0.4, 0.5) is 0 Å². The second-order valence-electron chi connectivity index (χ2n) is 4.87. The Labute approximate surface area is 119 Å². The van der Waals surface area contributed by atoms with Crippen LogP contribution in [0.15, 0.2) is 29.9 Å². The zero-order valence-corrected chi connectivity index (χ0v) is 12.6. The van der Waals surface area contributed by atoms with Crippen LogP contribution in [0.2, 0.25) is 0 Å². The molecule has 0 aromatic carbocycles. The van der Waals surface area contributed by atoms with Crippen LogP contribution in [0, 0.1) is 0 Å². The van der Waals surface area contributed by atoms with Crippen LogP contribution in [-0.2, 0) is 19.4 Å². The first-order valence-corrected chi connectivity index (χ1v) is 7.90. The Morgan fingerprint density at radius 1 is 1.47 bits per heavy atom. The zero-order chi connectivity index (χ0) is 13.5. The predicted molar refractivity (Wildman–Crippen MR) is 81.7 cm³/mol. The van der Waals surface area contributed by atoms with Gasteiger partial charge in [-0.2, -0.15) is 5.10 Å². The highest BCUT2D eigenvalue weighted by Gasteiger charge is 2.09. The van der Waals surface area contributed by atoms with Gasteiger partial charge in [-0.25, -0.2) is 0 Å². The minimum absolute atomic E-state index is 0.550. The Morgan fingerprint density at radius 2 is 2.37 bits per heavy atom. The molecule has 0 aliphatic rings. The van der Waals surface area contributed by atoms with E-state index in [2.05, 4.69) is 48.1 Å². The molecule has 1 unspecified atom stereocenters. The average Bonchev–Trinajstić information content (AvgIpc) is 3.08. The second-order valence-corrected chi connectivity index (χ2v) is 5.90. The molecule has 19 heavy (non-hydrogen) atoms. The Hall–Kier alpha value is -1.13. The van der Waals surface area contributed by atoms with Gasteiger partial charge in [0.15, 0.2) is 0 Å². The summed E-state index contributed by atoms with van der Waals surface area (Å²) in [5.41, 5.74) is 1.33. The summed E-state index contributed by atoms with van der Waals surface area (Å²) in [6.07, 6.45) is 8.88. The van der Waals surface area contributed by atoms with E-state index in [1.54, 1.807) is 0 Å². The molecule has 2 aromatic rings. The van der Waals surface area contributed by atoms with Crippen molar-refractivity contribution in [3.63, 3.8) is 0 Å². The topological polar surface area (TPSA) is 29.9 Å². The van der Waals surface area contributed by atoms with E-state index in [1.807, 2.05) is 22.2 Å². The summed E-state index contributed by atoms with van der Waals surface area (Å²) in [6.45, 7) is 3.07. The molecule has 104 valence electrons. The van der Waals surface area contributed by atoms with Crippen LogP contribution in [-0.4, -0.2) is 22.9 Å². The molecule has 2 rings (SSSR count). The number of hydrogen-bond donors (Lipinski definition) is 1. The Kier molecular flexibility index (Phi) is 5.61. The van der Waals surface area contributed by atoms with Crippen molar-refractivity contribution in [2.75, 3.05) is 7.05 Å². The van der Waals surface area contributed by atoms with Crippen molar-refractivity contribution in [3.05, 3.63) is 40.3 Å². The lowest BCUT2D eigenvalue weighted by Crippen LogP contribution is -2.27. The van der Waals surface area contributed by atoms with Gasteiger partial charge in [0.1, 0.15) is 0 Å². The lowest BCUT2D eigenvalue weighted by molar-refractivity contribution is 0.502. The molecular formula is C15H23N3S. The third-order valence-electron chi connectivity index (χ3n) is 3.46. The number of aryl methyl sites for hydroxylation is 2. The van der Waals surface area contributed by atoms with Gasteiger partial charge < -0.3 is 5.32 Å². The van der Waals surface area contributed by atoms with Crippen LogP contribution < -0.4 is 5.32 Å². The molecule has 0 bridgehead atoms. The van der Waals surface area contributed by atoms with E-state index in [1.165, 1.54) is 29.7 Å². The summed E-state index contributed by atoms with van der Waals surface area (Å²) in [5, 5.41) is 9.91. The largest absolute Gasteiger partial charge is 0.317 e. The molecule has 1 atom stereocenters. The molecule has 0 amide bonds. The maximum atomic E-state index is 4.33.